The van der Waals surface area contributed by atoms with Crippen LogP contribution >= 0.6 is 0 Å². The number of aromatic nitrogens is 2. The van der Waals surface area contributed by atoms with Gasteiger partial charge in [-0.15, -0.1) is 0 Å². The predicted octanol–water partition coefficient (Wildman–Crippen LogP) is 2.26. The third-order valence-corrected chi connectivity index (χ3v) is 2.27. The molecule has 0 spiro atoms. The predicted molar refractivity (Wildman–Crippen MR) is 57.6 cm³/mol. The molecule has 3 heteroatoms. The zero-order valence-corrected chi connectivity index (χ0v) is 8.34. The highest BCUT2D eigenvalue weighted by molar-refractivity contribution is 5.77. The maximum absolute atomic E-state index is 10.5. The lowest BCUT2D eigenvalue weighted by atomic mass is 10.0. The van der Waals surface area contributed by atoms with Crippen molar-refractivity contribution in [2.45, 2.75) is 6.92 Å². The SMILES string of the molecule is Cc1ncncc1-c1ccc(C=O)cc1. The van der Waals surface area contributed by atoms with E-state index in [1.807, 2.05) is 19.1 Å². The van der Waals surface area contributed by atoms with Crippen molar-refractivity contribution < 1.29 is 4.79 Å². The molecule has 1 aromatic heterocycles. The molecule has 0 fully saturated rings. The van der Waals surface area contributed by atoms with E-state index < -0.39 is 0 Å². The van der Waals surface area contributed by atoms with Gasteiger partial charge in [-0.05, 0) is 12.5 Å². The number of hydrogen-bond donors (Lipinski definition) is 0. The first kappa shape index (κ1) is 9.52. The number of carbonyl (C=O) groups is 1. The Hall–Kier alpha value is -2.03. The summed E-state index contributed by atoms with van der Waals surface area (Å²) in [5.41, 5.74) is 3.63. The van der Waals surface area contributed by atoms with Crippen LogP contribution < -0.4 is 0 Å². The van der Waals surface area contributed by atoms with Crippen molar-refractivity contribution in [3.05, 3.63) is 48.0 Å². The molecule has 0 bridgehead atoms. The van der Waals surface area contributed by atoms with E-state index in [1.54, 1.807) is 18.3 Å². The second-order valence-electron chi connectivity index (χ2n) is 3.26. The smallest absolute Gasteiger partial charge is 0.150 e. The van der Waals surface area contributed by atoms with Gasteiger partial charge >= 0.3 is 0 Å². The molecule has 0 unspecified atom stereocenters. The molecule has 0 aliphatic rings. The average Bonchev–Trinajstić information content (AvgIpc) is 2.30. The normalized spacial score (nSPS) is 9.93. The molecule has 0 saturated carbocycles. The highest BCUT2D eigenvalue weighted by Crippen LogP contribution is 2.20. The largest absolute Gasteiger partial charge is 0.298 e. The molecule has 0 amide bonds. The van der Waals surface area contributed by atoms with Crippen LogP contribution in [0.3, 0.4) is 0 Å². The second-order valence-corrected chi connectivity index (χ2v) is 3.26. The topological polar surface area (TPSA) is 42.9 Å². The van der Waals surface area contributed by atoms with Gasteiger partial charge < -0.3 is 0 Å². The minimum Gasteiger partial charge on any atom is -0.298 e. The summed E-state index contributed by atoms with van der Waals surface area (Å²) in [6.45, 7) is 1.94. The van der Waals surface area contributed by atoms with Gasteiger partial charge in [0.2, 0.25) is 0 Å². The third kappa shape index (κ3) is 1.91. The van der Waals surface area contributed by atoms with Crippen LogP contribution in [0.25, 0.3) is 11.1 Å². The minimum absolute atomic E-state index is 0.674. The summed E-state index contributed by atoms with van der Waals surface area (Å²) >= 11 is 0. The van der Waals surface area contributed by atoms with Crippen LogP contribution in [0.1, 0.15) is 16.1 Å². The summed E-state index contributed by atoms with van der Waals surface area (Å²) in [5.74, 6) is 0. The van der Waals surface area contributed by atoms with E-state index in [1.165, 1.54) is 6.33 Å². The Labute approximate surface area is 87.8 Å². The number of carbonyl (C=O) groups excluding carboxylic acids is 1. The highest BCUT2D eigenvalue weighted by atomic mass is 16.1. The molecule has 74 valence electrons. The van der Waals surface area contributed by atoms with Gasteiger partial charge in [0.05, 0.1) is 0 Å². The van der Waals surface area contributed by atoms with Crippen molar-refractivity contribution in [2.75, 3.05) is 0 Å². The van der Waals surface area contributed by atoms with Gasteiger partial charge in [-0.2, -0.15) is 0 Å². The molecule has 1 aromatic carbocycles. The van der Waals surface area contributed by atoms with Gasteiger partial charge in [0.15, 0.2) is 0 Å². The van der Waals surface area contributed by atoms with Gasteiger partial charge in [-0.25, -0.2) is 9.97 Å². The first-order chi connectivity index (χ1) is 7.31. The number of benzene rings is 1. The number of nitrogens with zero attached hydrogens (tertiary/aromatic N) is 2. The van der Waals surface area contributed by atoms with Crippen LogP contribution in [0.5, 0.6) is 0 Å². The summed E-state index contributed by atoms with van der Waals surface area (Å²) in [7, 11) is 0. The first-order valence-corrected chi connectivity index (χ1v) is 4.63. The minimum atomic E-state index is 0.674. The van der Waals surface area contributed by atoms with Crippen molar-refractivity contribution in [3.8, 4) is 11.1 Å². The second kappa shape index (κ2) is 4.00. The molecular formula is C12H10N2O. The van der Waals surface area contributed by atoms with Gasteiger partial charge in [0, 0.05) is 23.0 Å². The number of aldehydes is 1. The summed E-state index contributed by atoms with van der Waals surface area (Å²) < 4.78 is 0. The maximum atomic E-state index is 10.5. The van der Waals surface area contributed by atoms with Crippen LogP contribution in [0.2, 0.25) is 0 Å². The van der Waals surface area contributed by atoms with E-state index in [-0.39, 0.29) is 0 Å². The van der Waals surface area contributed by atoms with Crippen LogP contribution in [0.4, 0.5) is 0 Å². The Morgan fingerprint density at radius 2 is 1.93 bits per heavy atom. The quantitative estimate of drug-likeness (QED) is 0.695. The Bertz CT molecular complexity index is 477. The van der Waals surface area contributed by atoms with E-state index in [0.717, 1.165) is 23.1 Å². The third-order valence-electron chi connectivity index (χ3n) is 2.27. The Morgan fingerprint density at radius 3 is 2.53 bits per heavy atom. The molecule has 3 nitrogen and oxygen atoms in total. The Balaban J connectivity index is 2.46. The first-order valence-electron chi connectivity index (χ1n) is 4.63. The zero-order chi connectivity index (χ0) is 10.7. The number of hydrogen-bond acceptors (Lipinski definition) is 3. The van der Waals surface area contributed by atoms with Crippen LogP contribution in [0, 0.1) is 6.92 Å². The fourth-order valence-corrected chi connectivity index (χ4v) is 1.42. The molecule has 2 aromatic rings. The van der Waals surface area contributed by atoms with Crippen LogP contribution in [-0.4, -0.2) is 16.3 Å². The Morgan fingerprint density at radius 1 is 1.20 bits per heavy atom. The monoisotopic (exact) mass is 198 g/mol. The summed E-state index contributed by atoms with van der Waals surface area (Å²) in [5, 5.41) is 0. The number of rotatable bonds is 2. The standard InChI is InChI=1S/C12H10N2O/c1-9-12(6-13-8-14-9)11-4-2-10(7-15)3-5-11/h2-8H,1H3. The van der Waals surface area contributed by atoms with Crippen molar-refractivity contribution >= 4 is 6.29 Å². The lowest BCUT2D eigenvalue weighted by Crippen LogP contribution is -1.89. The van der Waals surface area contributed by atoms with Crippen molar-refractivity contribution in [2.24, 2.45) is 0 Å². The molecule has 15 heavy (non-hydrogen) atoms. The fraction of sp³-hybridized carbons (Fsp3) is 0.0833. The zero-order valence-electron chi connectivity index (χ0n) is 8.34. The van der Waals surface area contributed by atoms with Gasteiger partial charge in [-0.1, -0.05) is 24.3 Å². The summed E-state index contributed by atoms with van der Waals surface area (Å²) in [6, 6.07) is 7.37. The molecule has 1 heterocycles. The fourth-order valence-electron chi connectivity index (χ4n) is 1.42. The molecular weight excluding hydrogens is 188 g/mol. The molecule has 2 rings (SSSR count). The molecule has 0 N–H and O–H groups in total. The maximum Gasteiger partial charge on any atom is 0.150 e. The highest BCUT2D eigenvalue weighted by Gasteiger charge is 2.01. The van der Waals surface area contributed by atoms with Gasteiger partial charge in [0.25, 0.3) is 0 Å². The summed E-state index contributed by atoms with van der Waals surface area (Å²) in [4.78, 5) is 18.6. The molecule has 0 saturated heterocycles. The molecule has 0 radical (unpaired) electrons. The lowest BCUT2D eigenvalue weighted by molar-refractivity contribution is 0.112. The van der Waals surface area contributed by atoms with Gasteiger partial charge in [-0.3, -0.25) is 4.79 Å². The Kier molecular flexibility index (Phi) is 2.54. The average molecular weight is 198 g/mol. The van der Waals surface area contributed by atoms with Crippen molar-refractivity contribution in [3.63, 3.8) is 0 Å². The van der Waals surface area contributed by atoms with Crippen molar-refractivity contribution in [1.29, 1.82) is 0 Å². The number of aryl methyl sites for hydroxylation is 1. The van der Waals surface area contributed by atoms with E-state index in [0.29, 0.717) is 5.56 Å². The molecule has 0 aliphatic carbocycles. The summed E-state index contributed by atoms with van der Waals surface area (Å²) in [6.07, 6.45) is 4.13. The van der Waals surface area contributed by atoms with Gasteiger partial charge in [0.1, 0.15) is 12.6 Å². The van der Waals surface area contributed by atoms with Crippen LogP contribution in [-0.2, 0) is 0 Å². The van der Waals surface area contributed by atoms with E-state index >= 15 is 0 Å². The van der Waals surface area contributed by atoms with E-state index in [2.05, 4.69) is 9.97 Å². The van der Waals surface area contributed by atoms with Crippen molar-refractivity contribution in [1.82, 2.24) is 9.97 Å². The van der Waals surface area contributed by atoms with Crippen LogP contribution in [0.15, 0.2) is 36.8 Å². The van der Waals surface area contributed by atoms with E-state index in [9.17, 15) is 4.79 Å². The van der Waals surface area contributed by atoms with E-state index in [4.69, 9.17) is 0 Å². The molecule has 0 aliphatic heterocycles. The molecule has 0 atom stereocenters. The lowest BCUT2D eigenvalue weighted by Gasteiger charge is -2.03.